The van der Waals surface area contributed by atoms with E-state index < -0.39 is 0 Å². The molecule has 0 heterocycles. The van der Waals surface area contributed by atoms with Crippen molar-refractivity contribution in [3.8, 4) is 0 Å². The molecule has 0 atom stereocenters. The first-order valence-corrected chi connectivity index (χ1v) is 6.64. The molecular weight excluding hydrogens is 237 g/mol. The minimum atomic E-state index is -0.291. The van der Waals surface area contributed by atoms with Crippen molar-refractivity contribution in [2.75, 3.05) is 0 Å². The Hall–Kier alpha value is -0.600. The zero-order chi connectivity index (χ0) is 12.4. The second-order valence-electron chi connectivity index (χ2n) is 5.19. The largest absolute Gasteiger partial charge is 0.328 e. The minimum absolute atomic E-state index is 0.243. The van der Waals surface area contributed by atoms with E-state index in [0.29, 0.717) is 17.5 Å². The van der Waals surface area contributed by atoms with E-state index in [1.807, 2.05) is 6.07 Å². The smallest absolute Gasteiger partial charge is 0.144 e. The zero-order valence-electron chi connectivity index (χ0n) is 10.2. The number of halogens is 2. The van der Waals surface area contributed by atoms with E-state index in [1.54, 1.807) is 13.0 Å². The van der Waals surface area contributed by atoms with Gasteiger partial charge >= 0.3 is 0 Å². The topological polar surface area (TPSA) is 26.0 Å². The van der Waals surface area contributed by atoms with Gasteiger partial charge in [0.15, 0.2) is 0 Å². The van der Waals surface area contributed by atoms with Crippen LogP contribution in [0.1, 0.15) is 36.8 Å². The summed E-state index contributed by atoms with van der Waals surface area (Å²) in [6.45, 7) is 1.77. The van der Waals surface area contributed by atoms with Gasteiger partial charge in [0.1, 0.15) is 5.82 Å². The van der Waals surface area contributed by atoms with Crippen LogP contribution in [-0.2, 0) is 6.42 Å². The molecule has 0 aliphatic heterocycles. The van der Waals surface area contributed by atoms with Gasteiger partial charge in [0.05, 0.1) is 5.02 Å². The maximum atomic E-state index is 13.4. The van der Waals surface area contributed by atoms with Crippen molar-refractivity contribution in [2.24, 2.45) is 11.7 Å². The fraction of sp³-hybridized carbons (Fsp3) is 0.571. The van der Waals surface area contributed by atoms with Crippen LogP contribution in [0.5, 0.6) is 0 Å². The Morgan fingerprint density at radius 1 is 1.29 bits per heavy atom. The third-order valence-corrected chi connectivity index (χ3v) is 3.96. The molecule has 0 saturated heterocycles. The quantitative estimate of drug-likeness (QED) is 0.854. The Bertz CT molecular complexity index is 374. The van der Waals surface area contributed by atoms with Gasteiger partial charge in [0.25, 0.3) is 0 Å². The second kappa shape index (κ2) is 5.36. The molecule has 1 saturated carbocycles. The van der Waals surface area contributed by atoms with Crippen LogP contribution in [0.4, 0.5) is 4.39 Å². The zero-order valence-corrected chi connectivity index (χ0v) is 10.9. The summed E-state index contributed by atoms with van der Waals surface area (Å²) in [7, 11) is 0. The maximum Gasteiger partial charge on any atom is 0.144 e. The lowest BCUT2D eigenvalue weighted by molar-refractivity contribution is 0.325. The Balaban J connectivity index is 2.04. The number of nitrogens with two attached hydrogens (primary N) is 1. The number of benzene rings is 1. The van der Waals surface area contributed by atoms with Crippen LogP contribution >= 0.6 is 11.6 Å². The molecule has 3 heteroatoms. The van der Waals surface area contributed by atoms with Crippen molar-refractivity contribution in [1.29, 1.82) is 0 Å². The highest BCUT2D eigenvalue weighted by Gasteiger charge is 2.19. The molecule has 1 nitrogen and oxygen atoms in total. The molecule has 94 valence electrons. The molecule has 1 fully saturated rings. The average Bonchev–Trinajstić information content (AvgIpc) is 2.29. The van der Waals surface area contributed by atoms with E-state index in [2.05, 4.69) is 0 Å². The molecule has 17 heavy (non-hydrogen) atoms. The first-order chi connectivity index (χ1) is 8.06. The van der Waals surface area contributed by atoms with Crippen molar-refractivity contribution in [1.82, 2.24) is 0 Å². The first kappa shape index (κ1) is 12.8. The van der Waals surface area contributed by atoms with E-state index in [-0.39, 0.29) is 10.8 Å². The number of hydrogen-bond donors (Lipinski definition) is 1. The molecule has 2 rings (SSSR count). The summed E-state index contributed by atoms with van der Waals surface area (Å²) in [5.41, 5.74) is 7.67. The lowest BCUT2D eigenvalue weighted by Gasteiger charge is -2.26. The summed E-state index contributed by atoms with van der Waals surface area (Å²) in [5.74, 6) is 0.386. The summed E-state index contributed by atoms with van der Waals surface area (Å²) >= 11 is 5.86. The minimum Gasteiger partial charge on any atom is -0.328 e. The Morgan fingerprint density at radius 2 is 1.94 bits per heavy atom. The summed E-state index contributed by atoms with van der Waals surface area (Å²) in [5, 5.41) is 0.243. The van der Waals surface area contributed by atoms with E-state index in [4.69, 9.17) is 17.3 Å². The van der Waals surface area contributed by atoms with Gasteiger partial charge in [0.2, 0.25) is 0 Å². The molecule has 2 N–H and O–H groups in total. The van der Waals surface area contributed by atoms with Crippen molar-refractivity contribution in [3.05, 3.63) is 34.1 Å². The number of rotatable bonds is 2. The Morgan fingerprint density at radius 3 is 2.53 bits per heavy atom. The van der Waals surface area contributed by atoms with Crippen LogP contribution in [0, 0.1) is 18.7 Å². The standard InChI is InChI=1S/C14H19ClFN/c1-9-6-11(8-13(15)14(9)16)7-10-2-4-12(17)5-3-10/h6,8,10,12H,2-5,7,17H2,1H3. The van der Waals surface area contributed by atoms with Crippen LogP contribution in [0.2, 0.25) is 5.02 Å². The first-order valence-electron chi connectivity index (χ1n) is 6.26. The molecule has 0 aromatic heterocycles. The molecule has 1 aromatic rings. The van der Waals surface area contributed by atoms with Gasteiger partial charge in [0, 0.05) is 6.04 Å². The van der Waals surface area contributed by atoms with Crippen LogP contribution in [0.25, 0.3) is 0 Å². The third kappa shape index (κ3) is 3.20. The van der Waals surface area contributed by atoms with Crippen LogP contribution in [-0.4, -0.2) is 6.04 Å². The lowest BCUT2D eigenvalue weighted by Crippen LogP contribution is -2.27. The summed E-state index contributed by atoms with van der Waals surface area (Å²) < 4.78 is 13.4. The van der Waals surface area contributed by atoms with Gasteiger partial charge in [-0.15, -0.1) is 0 Å². The van der Waals surface area contributed by atoms with Gasteiger partial charge in [-0.2, -0.15) is 0 Å². The van der Waals surface area contributed by atoms with Gasteiger partial charge in [-0.25, -0.2) is 4.39 Å². The van der Waals surface area contributed by atoms with E-state index >= 15 is 0 Å². The lowest BCUT2D eigenvalue weighted by atomic mass is 9.82. The van der Waals surface area contributed by atoms with E-state index in [1.165, 1.54) is 12.8 Å². The molecular formula is C14H19ClFN. The number of aryl methyl sites for hydroxylation is 1. The Kier molecular flexibility index (Phi) is 4.05. The highest BCUT2D eigenvalue weighted by molar-refractivity contribution is 6.30. The highest BCUT2D eigenvalue weighted by Crippen LogP contribution is 2.28. The van der Waals surface area contributed by atoms with Crippen LogP contribution in [0.3, 0.4) is 0 Å². The van der Waals surface area contributed by atoms with Gasteiger partial charge in [-0.05, 0) is 62.1 Å². The van der Waals surface area contributed by atoms with E-state index in [9.17, 15) is 4.39 Å². The molecule has 1 aliphatic rings. The molecule has 0 unspecified atom stereocenters. The van der Waals surface area contributed by atoms with Gasteiger partial charge < -0.3 is 5.73 Å². The fourth-order valence-electron chi connectivity index (χ4n) is 2.64. The second-order valence-corrected chi connectivity index (χ2v) is 5.60. The molecule has 1 aromatic carbocycles. The van der Waals surface area contributed by atoms with Crippen molar-refractivity contribution in [3.63, 3.8) is 0 Å². The molecule has 0 radical (unpaired) electrons. The highest BCUT2D eigenvalue weighted by atomic mass is 35.5. The normalized spacial score (nSPS) is 24.9. The molecule has 1 aliphatic carbocycles. The summed E-state index contributed by atoms with van der Waals surface area (Å²) in [6, 6.07) is 4.05. The average molecular weight is 256 g/mol. The molecule has 0 spiro atoms. The van der Waals surface area contributed by atoms with Gasteiger partial charge in [-0.3, -0.25) is 0 Å². The summed E-state index contributed by atoms with van der Waals surface area (Å²) in [6.07, 6.45) is 5.56. The molecule has 0 amide bonds. The predicted molar refractivity (Wildman–Crippen MR) is 69.8 cm³/mol. The predicted octanol–water partition coefficient (Wildman–Crippen LogP) is 3.85. The van der Waals surface area contributed by atoms with Crippen LogP contribution < -0.4 is 5.73 Å². The van der Waals surface area contributed by atoms with Gasteiger partial charge in [-0.1, -0.05) is 17.7 Å². The monoisotopic (exact) mass is 255 g/mol. The maximum absolute atomic E-state index is 13.4. The summed E-state index contributed by atoms with van der Waals surface area (Å²) in [4.78, 5) is 0. The Labute approximate surface area is 107 Å². The number of hydrogen-bond acceptors (Lipinski definition) is 1. The fourth-order valence-corrected chi connectivity index (χ4v) is 2.93. The SMILES string of the molecule is Cc1cc(CC2CCC(N)CC2)cc(Cl)c1F. The van der Waals surface area contributed by atoms with Crippen molar-refractivity contribution < 1.29 is 4.39 Å². The van der Waals surface area contributed by atoms with Crippen molar-refractivity contribution in [2.45, 2.75) is 45.1 Å². The van der Waals surface area contributed by atoms with Crippen molar-refractivity contribution >= 4 is 11.6 Å². The van der Waals surface area contributed by atoms with Crippen LogP contribution in [0.15, 0.2) is 12.1 Å². The van der Waals surface area contributed by atoms with E-state index in [0.717, 1.165) is 24.8 Å². The molecule has 0 bridgehead atoms. The third-order valence-electron chi connectivity index (χ3n) is 3.69.